The lowest BCUT2D eigenvalue weighted by Gasteiger charge is -2.16. The van der Waals surface area contributed by atoms with E-state index in [0.717, 1.165) is 0 Å². The van der Waals surface area contributed by atoms with E-state index in [1.54, 1.807) is 50.4 Å². The number of para-hydroxylation sites is 1. The molecule has 0 spiro atoms. The van der Waals surface area contributed by atoms with Crippen LogP contribution in [0.5, 0.6) is 0 Å². The summed E-state index contributed by atoms with van der Waals surface area (Å²) in [7, 11) is 1.62. The van der Waals surface area contributed by atoms with Crippen LogP contribution in [0.4, 0.5) is 5.69 Å². The Bertz CT molecular complexity index is 623. The van der Waals surface area contributed by atoms with Crippen molar-refractivity contribution in [2.45, 2.75) is 6.92 Å². The Hall–Kier alpha value is -2.54. The predicted octanol–water partition coefficient (Wildman–Crippen LogP) is 2.74. The van der Waals surface area contributed by atoms with Gasteiger partial charge in [-0.25, -0.2) is 0 Å². The van der Waals surface area contributed by atoms with Gasteiger partial charge in [0.15, 0.2) is 5.76 Å². The molecule has 0 fully saturated rings. The molecule has 90 valence electrons. The molecule has 0 atom stereocenters. The van der Waals surface area contributed by atoms with Crippen LogP contribution in [0.2, 0.25) is 0 Å². The molecule has 1 aromatic heterocycles. The SMILES string of the molecule is Cc1ccc(C(=O)N(C)c2ccccc2C#N)o1. The second-order valence-electron chi connectivity index (χ2n) is 3.90. The van der Waals surface area contributed by atoms with Crippen molar-refractivity contribution in [2.24, 2.45) is 0 Å². The molecule has 0 saturated carbocycles. The maximum Gasteiger partial charge on any atom is 0.293 e. The highest BCUT2D eigenvalue weighted by molar-refractivity contribution is 6.04. The molecule has 0 aliphatic heterocycles. The van der Waals surface area contributed by atoms with Crippen molar-refractivity contribution in [3.05, 3.63) is 53.5 Å². The molecule has 4 heteroatoms. The first-order chi connectivity index (χ1) is 8.63. The van der Waals surface area contributed by atoms with Crippen molar-refractivity contribution in [3.8, 4) is 6.07 Å². The lowest BCUT2D eigenvalue weighted by molar-refractivity contribution is 0.0965. The minimum atomic E-state index is -0.272. The van der Waals surface area contributed by atoms with Gasteiger partial charge in [0.2, 0.25) is 0 Å². The molecular weight excluding hydrogens is 228 g/mol. The van der Waals surface area contributed by atoms with Crippen molar-refractivity contribution in [3.63, 3.8) is 0 Å². The summed E-state index contributed by atoms with van der Waals surface area (Å²) in [5.74, 6) is 0.675. The Balaban J connectivity index is 2.34. The third kappa shape index (κ3) is 2.11. The number of hydrogen-bond donors (Lipinski definition) is 0. The summed E-state index contributed by atoms with van der Waals surface area (Å²) < 4.78 is 5.29. The van der Waals surface area contributed by atoms with Crippen LogP contribution < -0.4 is 4.90 Å². The van der Waals surface area contributed by atoms with E-state index >= 15 is 0 Å². The summed E-state index contributed by atoms with van der Waals surface area (Å²) in [5.41, 5.74) is 1.02. The number of nitriles is 1. The number of amides is 1. The Morgan fingerprint density at radius 3 is 2.61 bits per heavy atom. The topological polar surface area (TPSA) is 57.2 Å². The summed E-state index contributed by atoms with van der Waals surface area (Å²) in [6, 6.07) is 12.4. The average molecular weight is 240 g/mol. The number of nitrogens with zero attached hydrogens (tertiary/aromatic N) is 2. The van der Waals surface area contributed by atoms with Gasteiger partial charge in [-0.2, -0.15) is 5.26 Å². The monoisotopic (exact) mass is 240 g/mol. The molecule has 0 aliphatic rings. The van der Waals surface area contributed by atoms with Gasteiger partial charge in [0.05, 0.1) is 11.3 Å². The van der Waals surface area contributed by atoms with Crippen LogP contribution in [-0.4, -0.2) is 13.0 Å². The first-order valence-corrected chi connectivity index (χ1v) is 5.47. The molecule has 4 nitrogen and oxygen atoms in total. The average Bonchev–Trinajstić information content (AvgIpc) is 2.83. The first-order valence-electron chi connectivity index (χ1n) is 5.47. The quantitative estimate of drug-likeness (QED) is 0.811. The smallest absolute Gasteiger partial charge is 0.293 e. The van der Waals surface area contributed by atoms with Crippen molar-refractivity contribution in [1.29, 1.82) is 5.26 Å². The lowest BCUT2D eigenvalue weighted by Crippen LogP contribution is -2.26. The van der Waals surface area contributed by atoms with E-state index in [4.69, 9.17) is 9.68 Å². The number of hydrogen-bond acceptors (Lipinski definition) is 3. The van der Waals surface area contributed by atoms with Crippen LogP contribution in [-0.2, 0) is 0 Å². The molecule has 0 bridgehead atoms. The fourth-order valence-corrected chi connectivity index (χ4v) is 1.68. The van der Waals surface area contributed by atoms with Gasteiger partial charge in [-0.05, 0) is 31.2 Å². The fourth-order valence-electron chi connectivity index (χ4n) is 1.68. The van der Waals surface area contributed by atoms with Crippen molar-refractivity contribution >= 4 is 11.6 Å². The Kier molecular flexibility index (Phi) is 3.16. The molecule has 18 heavy (non-hydrogen) atoms. The van der Waals surface area contributed by atoms with E-state index < -0.39 is 0 Å². The molecule has 0 saturated heterocycles. The molecule has 0 aliphatic carbocycles. The zero-order valence-electron chi connectivity index (χ0n) is 10.2. The van der Waals surface area contributed by atoms with Crippen molar-refractivity contribution in [1.82, 2.24) is 0 Å². The maximum atomic E-state index is 12.1. The molecule has 1 amide bonds. The molecule has 2 rings (SSSR count). The number of anilines is 1. The molecule has 0 unspecified atom stereocenters. The van der Waals surface area contributed by atoms with Crippen LogP contribution in [0, 0.1) is 18.3 Å². The molecule has 1 heterocycles. The van der Waals surface area contributed by atoms with E-state index in [1.807, 2.05) is 0 Å². The zero-order chi connectivity index (χ0) is 13.1. The van der Waals surface area contributed by atoms with Crippen molar-refractivity contribution < 1.29 is 9.21 Å². The van der Waals surface area contributed by atoms with E-state index in [2.05, 4.69) is 6.07 Å². The van der Waals surface area contributed by atoms with Crippen LogP contribution in [0.3, 0.4) is 0 Å². The third-order valence-electron chi connectivity index (χ3n) is 2.64. The van der Waals surface area contributed by atoms with E-state index in [9.17, 15) is 4.79 Å². The minimum absolute atomic E-state index is 0.266. The minimum Gasteiger partial charge on any atom is -0.456 e. The van der Waals surface area contributed by atoms with Gasteiger partial charge >= 0.3 is 0 Å². The van der Waals surface area contributed by atoms with E-state index in [-0.39, 0.29) is 11.7 Å². The van der Waals surface area contributed by atoms with Gasteiger partial charge in [0.25, 0.3) is 5.91 Å². The van der Waals surface area contributed by atoms with Gasteiger partial charge in [-0.3, -0.25) is 4.79 Å². The lowest BCUT2D eigenvalue weighted by atomic mass is 10.2. The molecule has 2 aromatic rings. The summed E-state index contributed by atoms with van der Waals surface area (Å²) in [4.78, 5) is 13.6. The number of rotatable bonds is 2. The highest BCUT2D eigenvalue weighted by Crippen LogP contribution is 2.20. The van der Waals surface area contributed by atoms with Gasteiger partial charge < -0.3 is 9.32 Å². The zero-order valence-corrected chi connectivity index (χ0v) is 10.2. The summed E-state index contributed by atoms with van der Waals surface area (Å²) >= 11 is 0. The first kappa shape index (κ1) is 11.9. The summed E-state index contributed by atoms with van der Waals surface area (Å²) in [6.07, 6.45) is 0. The Morgan fingerprint density at radius 1 is 1.28 bits per heavy atom. The Morgan fingerprint density at radius 2 is 2.00 bits per heavy atom. The maximum absolute atomic E-state index is 12.1. The fraction of sp³-hybridized carbons (Fsp3) is 0.143. The standard InChI is InChI=1S/C14H12N2O2/c1-10-7-8-13(18-10)14(17)16(2)12-6-4-3-5-11(12)9-15/h3-8H,1-2H3. The van der Waals surface area contributed by atoms with Gasteiger partial charge in [-0.15, -0.1) is 0 Å². The third-order valence-corrected chi connectivity index (χ3v) is 2.64. The Labute approximate surface area is 105 Å². The van der Waals surface area contributed by atoms with Gasteiger partial charge in [-0.1, -0.05) is 12.1 Å². The van der Waals surface area contributed by atoms with Crippen LogP contribution >= 0.6 is 0 Å². The number of benzene rings is 1. The van der Waals surface area contributed by atoms with E-state index in [1.165, 1.54) is 4.90 Å². The number of aryl methyl sites for hydroxylation is 1. The van der Waals surface area contributed by atoms with Gasteiger partial charge in [0.1, 0.15) is 11.8 Å². The van der Waals surface area contributed by atoms with Crippen molar-refractivity contribution in [2.75, 3.05) is 11.9 Å². The molecular formula is C14H12N2O2. The predicted molar refractivity (Wildman–Crippen MR) is 67.3 cm³/mol. The highest BCUT2D eigenvalue weighted by atomic mass is 16.3. The normalized spacial score (nSPS) is 9.83. The van der Waals surface area contributed by atoms with E-state index in [0.29, 0.717) is 17.0 Å². The largest absolute Gasteiger partial charge is 0.456 e. The van der Waals surface area contributed by atoms with Crippen LogP contribution in [0.25, 0.3) is 0 Å². The molecule has 1 aromatic carbocycles. The molecule has 0 N–H and O–H groups in total. The van der Waals surface area contributed by atoms with Crippen LogP contribution in [0.1, 0.15) is 21.9 Å². The summed E-state index contributed by atoms with van der Waals surface area (Å²) in [5, 5.41) is 9.01. The second kappa shape index (κ2) is 4.76. The highest BCUT2D eigenvalue weighted by Gasteiger charge is 2.18. The number of carbonyl (C=O) groups is 1. The second-order valence-corrected chi connectivity index (χ2v) is 3.90. The number of carbonyl (C=O) groups excluding carboxylic acids is 1. The summed E-state index contributed by atoms with van der Waals surface area (Å²) in [6.45, 7) is 1.78. The molecule has 0 radical (unpaired) electrons. The van der Waals surface area contributed by atoms with Crippen LogP contribution in [0.15, 0.2) is 40.8 Å². The van der Waals surface area contributed by atoms with Gasteiger partial charge in [0, 0.05) is 7.05 Å². The number of furan rings is 1.